The van der Waals surface area contributed by atoms with Gasteiger partial charge in [0.1, 0.15) is 5.82 Å². The highest BCUT2D eigenvalue weighted by Gasteiger charge is 2.21. The molecule has 1 unspecified atom stereocenters. The van der Waals surface area contributed by atoms with Crippen LogP contribution in [0, 0.1) is 0 Å². The van der Waals surface area contributed by atoms with Crippen molar-refractivity contribution in [2.75, 3.05) is 12.4 Å². The number of nitrogens with zero attached hydrogens (tertiary/aromatic N) is 2. The number of hydrogen-bond acceptors (Lipinski definition) is 5. The van der Waals surface area contributed by atoms with Crippen LogP contribution in [0.3, 0.4) is 0 Å². The number of rotatable bonds is 4. The summed E-state index contributed by atoms with van der Waals surface area (Å²) >= 11 is 1.36. The van der Waals surface area contributed by atoms with Gasteiger partial charge in [-0.05, 0) is 39.8 Å². The third kappa shape index (κ3) is 4.10. The fraction of sp³-hybridized carbons (Fsp3) is 0.438. The zero-order valence-electron chi connectivity index (χ0n) is 13.6. The Kier molecular flexibility index (Phi) is 4.90. The lowest BCUT2D eigenvalue weighted by atomic mass is 10.1. The fourth-order valence-electron chi connectivity index (χ4n) is 1.98. The zero-order valence-corrected chi connectivity index (χ0v) is 14.4. The first-order valence-corrected chi connectivity index (χ1v) is 8.11. The Bertz CT molecular complexity index is 681. The van der Waals surface area contributed by atoms with Gasteiger partial charge in [0, 0.05) is 18.0 Å². The highest BCUT2D eigenvalue weighted by molar-refractivity contribution is 8.00. The second-order valence-electron chi connectivity index (χ2n) is 6.12. The molecular formula is C16H22N4OS. The minimum Gasteiger partial charge on any atom is -0.372 e. The molecule has 2 N–H and O–H groups in total. The van der Waals surface area contributed by atoms with Gasteiger partial charge in [0.15, 0.2) is 5.16 Å². The number of hydrogen-bond donors (Lipinski definition) is 2. The second-order valence-corrected chi connectivity index (χ2v) is 7.43. The number of fused-ring (bicyclic) bond motifs is 1. The molecule has 5 nitrogen and oxygen atoms in total. The van der Waals surface area contributed by atoms with E-state index in [1.165, 1.54) is 11.8 Å². The van der Waals surface area contributed by atoms with Crippen LogP contribution in [0.25, 0.3) is 10.9 Å². The van der Waals surface area contributed by atoms with Crippen molar-refractivity contribution in [3.63, 3.8) is 0 Å². The van der Waals surface area contributed by atoms with Crippen molar-refractivity contribution in [2.45, 2.75) is 43.6 Å². The van der Waals surface area contributed by atoms with Crippen molar-refractivity contribution in [1.82, 2.24) is 15.3 Å². The normalized spacial score (nSPS) is 13.0. The van der Waals surface area contributed by atoms with Crippen molar-refractivity contribution < 1.29 is 4.79 Å². The highest BCUT2D eigenvalue weighted by atomic mass is 32.2. The molecule has 2 rings (SSSR count). The summed E-state index contributed by atoms with van der Waals surface area (Å²) in [5, 5.41) is 7.37. The van der Waals surface area contributed by atoms with E-state index in [-0.39, 0.29) is 16.7 Å². The van der Waals surface area contributed by atoms with Crippen molar-refractivity contribution in [1.29, 1.82) is 0 Å². The molecule has 22 heavy (non-hydrogen) atoms. The topological polar surface area (TPSA) is 66.9 Å². The molecule has 118 valence electrons. The largest absolute Gasteiger partial charge is 0.372 e. The van der Waals surface area contributed by atoms with E-state index >= 15 is 0 Å². The van der Waals surface area contributed by atoms with Gasteiger partial charge in [-0.15, -0.1) is 0 Å². The van der Waals surface area contributed by atoms with Gasteiger partial charge >= 0.3 is 0 Å². The average Bonchev–Trinajstić information content (AvgIpc) is 2.44. The molecule has 1 aromatic carbocycles. The summed E-state index contributed by atoms with van der Waals surface area (Å²) < 4.78 is 0. The second kappa shape index (κ2) is 6.52. The molecule has 2 aromatic rings. The number of nitrogens with one attached hydrogen (secondary N) is 2. The first-order chi connectivity index (χ1) is 10.3. The fourth-order valence-corrected chi connectivity index (χ4v) is 2.76. The van der Waals surface area contributed by atoms with E-state index < -0.39 is 0 Å². The molecule has 0 saturated carbocycles. The summed E-state index contributed by atoms with van der Waals surface area (Å²) in [6.07, 6.45) is 0. The van der Waals surface area contributed by atoms with Crippen LogP contribution >= 0.6 is 11.8 Å². The summed E-state index contributed by atoms with van der Waals surface area (Å²) in [7, 11) is 1.83. The number of thioether (sulfide) groups is 1. The maximum absolute atomic E-state index is 12.2. The molecule has 1 aromatic heterocycles. The summed E-state index contributed by atoms with van der Waals surface area (Å²) in [6.45, 7) is 7.76. The lowest BCUT2D eigenvalue weighted by Gasteiger charge is -2.22. The van der Waals surface area contributed by atoms with E-state index in [1.54, 1.807) is 0 Å². The molecule has 0 spiro atoms. The Hall–Kier alpha value is -1.82. The summed E-state index contributed by atoms with van der Waals surface area (Å²) in [6, 6.07) is 7.82. The van der Waals surface area contributed by atoms with Crippen LogP contribution in [0.1, 0.15) is 27.7 Å². The Morgan fingerprint density at radius 2 is 1.91 bits per heavy atom. The number of carbonyl (C=O) groups is 1. The molecule has 0 fully saturated rings. The van der Waals surface area contributed by atoms with Gasteiger partial charge in [-0.3, -0.25) is 4.79 Å². The zero-order chi connectivity index (χ0) is 16.3. The molecule has 0 aliphatic rings. The van der Waals surface area contributed by atoms with Crippen LogP contribution in [0.15, 0.2) is 29.4 Å². The summed E-state index contributed by atoms with van der Waals surface area (Å²) in [4.78, 5) is 21.2. The molecule has 0 saturated heterocycles. The Balaban J connectivity index is 2.22. The summed E-state index contributed by atoms with van der Waals surface area (Å²) in [5.74, 6) is 0.761. The molecule has 1 amide bonds. The molecule has 1 atom stereocenters. The van der Waals surface area contributed by atoms with Gasteiger partial charge in [0.25, 0.3) is 0 Å². The van der Waals surface area contributed by atoms with Gasteiger partial charge < -0.3 is 10.6 Å². The standard InChI is InChI=1S/C16H22N4OS/c1-10(14(21)20-16(2,3)4)22-15-18-12-9-7-6-8-11(12)13(17-5)19-15/h6-10H,1-5H3,(H,20,21)(H,17,18,19). The molecule has 1 heterocycles. The number of para-hydroxylation sites is 1. The van der Waals surface area contributed by atoms with E-state index in [1.807, 2.05) is 59.0 Å². The van der Waals surface area contributed by atoms with Crippen molar-refractivity contribution >= 4 is 34.4 Å². The van der Waals surface area contributed by atoms with Crippen molar-refractivity contribution in [3.05, 3.63) is 24.3 Å². The van der Waals surface area contributed by atoms with E-state index in [4.69, 9.17) is 0 Å². The van der Waals surface area contributed by atoms with Crippen LogP contribution in [0.2, 0.25) is 0 Å². The highest BCUT2D eigenvalue weighted by Crippen LogP contribution is 2.26. The van der Waals surface area contributed by atoms with E-state index in [9.17, 15) is 4.79 Å². The lowest BCUT2D eigenvalue weighted by molar-refractivity contribution is -0.121. The smallest absolute Gasteiger partial charge is 0.233 e. The van der Waals surface area contributed by atoms with Gasteiger partial charge in [-0.2, -0.15) is 0 Å². The third-order valence-corrected chi connectivity index (χ3v) is 3.93. The van der Waals surface area contributed by atoms with Gasteiger partial charge in [-0.1, -0.05) is 23.9 Å². The molecule has 0 bridgehead atoms. The first-order valence-electron chi connectivity index (χ1n) is 7.23. The van der Waals surface area contributed by atoms with Crippen LogP contribution in [0.4, 0.5) is 5.82 Å². The molecule has 6 heteroatoms. The van der Waals surface area contributed by atoms with Gasteiger partial charge in [-0.25, -0.2) is 9.97 Å². The maximum Gasteiger partial charge on any atom is 0.233 e. The number of anilines is 1. The van der Waals surface area contributed by atoms with Crippen LogP contribution in [-0.4, -0.2) is 33.7 Å². The monoisotopic (exact) mass is 318 g/mol. The lowest BCUT2D eigenvalue weighted by Crippen LogP contribution is -2.44. The Morgan fingerprint density at radius 1 is 1.23 bits per heavy atom. The molecular weight excluding hydrogens is 296 g/mol. The SMILES string of the molecule is CNc1nc(SC(C)C(=O)NC(C)(C)C)nc2ccccc12. The minimum atomic E-state index is -0.259. The Morgan fingerprint density at radius 3 is 2.55 bits per heavy atom. The Labute approximate surface area is 135 Å². The van der Waals surface area contributed by atoms with Gasteiger partial charge in [0.05, 0.1) is 10.8 Å². The van der Waals surface area contributed by atoms with Gasteiger partial charge in [0.2, 0.25) is 5.91 Å². The maximum atomic E-state index is 12.2. The minimum absolute atomic E-state index is 0.0136. The van der Waals surface area contributed by atoms with Crippen molar-refractivity contribution in [2.24, 2.45) is 0 Å². The van der Waals surface area contributed by atoms with E-state index in [0.29, 0.717) is 5.16 Å². The number of benzene rings is 1. The van der Waals surface area contributed by atoms with Crippen LogP contribution in [0.5, 0.6) is 0 Å². The predicted octanol–water partition coefficient (Wildman–Crippen LogP) is 3.07. The molecule has 0 radical (unpaired) electrons. The molecule has 0 aliphatic heterocycles. The summed E-state index contributed by atoms with van der Waals surface area (Å²) in [5.41, 5.74) is 0.625. The number of carbonyl (C=O) groups excluding carboxylic acids is 1. The quantitative estimate of drug-likeness (QED) is 0.670. The number of aromatic nitrogens is 2. The van der Waals surface area contributed by atoms with E-state index in [2.05, 4.69) is 20.6 Å². The van der Waals surface area contributed by atoms with Crippen LogP contribution in [-0.2, 0) is 4.79 Å². The van der Waals surface area contributed by atoms with Crippen molar-refractivity contribution in [3.8, 4) is 0 Å². The van der Waals surface area contributed by atoms with Crippen LogP contribution < -0.4 is 10.6 Å². The third-order valence-electron chi connectivity index (χ3n) is 2.97. The first kappa shape index (κ1) is 16.5. The average molecular weight is 318 g/mol. The van der Waals surface area contributed by atoms with E-state index in [0.717, 1.165) is 16.7 Å². The number of amides is 1. The predicted molar refractivity (Wildman–Crippen MR) is 92.3 cm³/mol. The molecule has 0 aliphatic carbocycles.